The fourth-order valence-corrected chi connectivity index (χ4v) is 3.44. The monoisotopic (exact) mass is 440 g/mol. The van der Waals surface area contributed by atoms with E-state index in [1.54, 1.807) is 6.92 Å². The van der Waals surface area contributed by atoms with E-state index in [9.17, 15) is 32.5 Å². The number of hydrogen-bond donors (Lipinski definition) is 2. The predicted octanol–water partition coefficient (Wildman–Crippen LogP) is 4.94. The molecule has 30 heavy (non-hydrogen) atoms. The number of nitrogens with one attached hydrogen (secondary N) is 2. The lowest BCUT2D eigenvalue weighted by molar-refractivity contribution is -0.384. The molecule has 0 unspecified atom stereocenters. The molecule has 0 bridgehead atoms. The number of carbonyl (C=O) groups is 1. The number of alkyl halides is 3. The number of aromatic nitrogens is 1. The van der Waals surface area contributed by atoms with Crippen LogP contribution >= 0.6 is 11.3 Å². The first kappa shape index (κ1) is 21.2. The number of nitro groups is 1. The van der Waals surface area contributed by atoms with E-state index in [2.05, 4.69) is 15.8 Å². The first-order valence-corrected chi connectivity index (χ1v) is 9.03. The molecule has 0 atom stereocenters. The number of anilines is 1. The molecule has 7 nitrogen and oxygen atoms in total. The Labute approximate surface area is 170 Å². The van der Waals surface area contributed by atoms with Crippen molar-refractivity contribution in [1.29, 1.82) is 0 Å². The number of nitro benzene ring substituents is 1. The maximum absolute atomic E-state index is 13.1. The summed E-state index contributed by atoms with van der Waals surface area (Å²) in [7, 11) is 0. The minimum absolute atomic E-state index is 0.177. The van der Waals surface area contributed by atoms with Crippen molar-refractivity contribution in [3.8, 4) is 10.6 Å². The van der Waals surface area contributed by atoms with Gasteiger partial charge >= 0.3 is 6.18 Å². The van der Waals surface area contributed by atoms with Gasteiger partial charge in [-0.25, -0.2) is 9.37 Å². The van der Waals surface area contributed by atoms with Gasteiger partial charge in [-0.1, -0.05) is 0 Å². The molecule has 0 aliphatic carbocycles. The Hall–Kier alpha value is -3.54. The second-order valence-electron chi connectivity index (χ2n) is 6.01. The Balaban J connectivity index is 1.79. The van der Waals surface area contributed by atoms with Gasteiger partial charge in [-0.2, -0.15) is 13.2 Å². The fraction of sp³-hybridized carbons (Fsp3) is 0.111. The molecular weight excluding hydrogens is 428 g/mol. The first-order chi connectivity index (χ1) is 14.1. The summed E-state index contributed by atoms with van der Waals surface area (Å²) < 4.78 is 51.4. The van der Waals surface area contributed by atoms with E-state index in [1.807, 2.05) is 0 Å². The number of aryl methyl sites for hydroxylation is 1. The summed E-state index contributed by atoms with van der Waals surface area (Å²) in [4.78, 5) is 27.0. The van der Waals surface area contributed by atoms with Crippen LogP contribution in [0.4, 0.5) is 28.9 Å². The molecule has 0 spiro atoms. The van der Waals surface area contributed by atoms with Gasteiger partial charge in [0, 0.05) is 11.6 Å². The third-order valence-electron chi connectivity index (χ3n) is 3.93. The lowest BCUT2D eigenvalue weighted by Crippen LogP contribution is -2.29. The van der Waals surface area contributed by atoms with Crippen LogP contribution in [0.1, 0.15) is 20.9 Å². The smallest absolute Gasteiger partial charge is 0.292 e. The molecule has 0 radical (unpaired) electrons. The van der Waals surface area contributed by atoms with E-state index in [4.69, 9.17) is 0 Å². The van der Waals surface area contributed by atoms with Crippen LogP contribution in [0.2, 0.25) is 0 Å². The van der Waals surface area contributed by atoms with E-state index in [0.717, 1.165) is 17.4 Å². The van der Waals surface area contributed by atoms with E-state index >= 15 is 0 Å². The summed E-state index contributed by atoms with van der Waals surface area (Å²) in [6.45, 7) is 1.57. The minimum Gasteiger partial charge on any atom is -0.292 e. The zero-order valence-electron chi connectivity index (χ0n) is 15.1. The van der Waals surface area contributed by atoms with Gasteiger partial charge in [0.2, 0.25) is 0 Å². The van der Waals surface area contributed by atoms with Gasteiger partial charge in [0.05, 0.1) is 16.2 Å². The summed E-state index contributed by atoms with van der Waals surface area (Å²) in [5, 5.41) is 11.6. The molecule has 1 amide bonds. The topological polar surface area (TPSA) is 97.2 Å². The second-order valence-corrected chi connectivity index (χ2v) is 7.01. The SMILES string of the molecule is Cc1nc(-c2ccc(F)cc2)sc1C(=O)NNc1ccc(C(F)(F)F)cc1[N+](=O)[O-]. The average molecular weight is 440 g/mol. The van der Waals surface area contributed by atoms with Gasteiger partial charge in [0.25, 0.3) is 11.6 Å². The molecule has 156 valence electrons. The summed E-state index contributed by atoms with van der Waals surface area (Å²) in [5.74, 6) is -1.11. The van der Waals surface area contributed by atoms with Crippen LogP contribution in [0.25, 0.3) is 10.6 Å². The molecule has 0 aliphatic heterocycles. The number of benzene rings is 2. The number of carbonyl (C=O) groups excluding carboxylic acids is 1. The Morgan fingerprint density at radius 3 is 2.43 bits per heavy atom. The van der Waals surface area contributed by atoms with Crippen LogP contribution in [-0.4, -0.2) is 15.8 Å². The molecule has 2 N–H and O–H groups in total. The fourth-order valence-electron chi connectivity index (χ4n) is 2.47. The van der Waals surface area contributed by atoms with E-state index in [-0.39, 0.29) is 10.6 Å². The predicted molar refractivity (Wildman–Crippen MR) is 101 cm³/mol. The van der Waals surface area contributed by atoms with Crippen molar-refractivity contribution in [3.05, 3.63) is 74.5 Å². The van der Waals surface area contributed by atoms with Gasteiger partial charge in [0.1, 0.15) is 21.4 Å². The molecule has 1 aromatic heterocycles. The molecule has 0 saturated carbocycles. The van der Waals surface area contributed by atoms with Crippen molar-refractivity contribution in [2.24, 2.45) is 0 Å². The molecule has 0 aliphatic rings. The number of amides is 1. The highest BCUT2D eigenvalue weighted by atomic mass is 32.1. The molecule has 0 fully saturated rings. The number of nitrogens with zero attached hydrogens (tertiary/aromatic N) is 2. The van der Waals surface area contributed by atoms with Crippen molar-refractivity contribution in [1.82, 2.24) is 10.4 Å². The standard InChI is InChI=1S/C18H12F4N4O3S/c1-9-15(30-17(23-9)10-2-5-12(19)6-3-10)16(27)25-24-13-7-4-11(18(20,21)22)8-14(13)26(28)29/h2-8,24H,1H3,(H,25,27). The first-order valence-electron chi connectivity index (χ1n) is 8.21. The maximum atomic E-state index is 13.1. The van der Waals surface area contributed by atoms with Gasteiger partial charge < -0.3 is 0 Å². The molecule has 1 heterocycles. The Morgan fingerprint density at radius 2 is 1.83 bits per heavy atom. The van der Waals surface area contributed by atoms with Crippen molar-refractivity contribution >= 4 is 28.6 Å². The highest BCUT2D eigenvalue weighted by Gasteiger charge is 2.33. The third-order valence-corrected chi connectivity index (χ3v) is 5.13. The van der Waals surface area contributed by atoms with Crippen LogP contribution in [-0.2, 0) is 6.18 Å². The number of halogens is 4. The van der Waals surface area contributed by atoms with Gasteiger partial charge in [0.15, 0.2) is 0 Å². The van der Waals surface area contributed by atoms with Crippen LogP contribution < -0.4 is 10.9 Å². The summed E-state index contributed by atoms with van der Waals surface area (Å²) in [5.41, 5.74) is 3.10. The minimum atomic E-state index is -4.75. The highest BCUT2D eigenvalue weighted by molar-refractivity contribution is 7.17. The molecule has 3 aromatic rings. The maximum Gasteiger partial charge on any atom is 0.416 e. The second kappa shape index (κ2) is 8.06. The Morgan fingerprint density at radius 1 is 1.17 bits per heavy atom. The highest BCUT2D eigenvalue weighted by Crippen LogP contribution is 2.35. The number of thiazole rings is 1. The summed E-state index contributed by atoms with van der Waals surface area (Å²) >= 11 is 1.01. The van der Waals surface area contributed by atoms with Gasteiger partial charge in [-0.3, -0.25) is 25.8 Å². The largest absolute Gasteiger partial charge is 0.416 e. The van der Waals surface area contributed by atoms with E-state index in [0.29, 0.717) is 28.4 Å². The average Bonchev–Trinajstić information content (AvgIpc) is 3.07. The zero-order valence-corrected chi connectivity index (χ0v) is 15.9. The molecule has 12 heteroatoms. The van der Waals surface area contributed by atoms with E-state index in [1.165, 1.54) is 24.3 Å². The van der Waals surface area contributed by atoms with E-state index < -0.39 is 34.1 Å². The Kier molecular flexibility index (Phi) is 5.69. The summed E-state index contributed by atoms with van der Waals surface area (Å²) in [6, 6.07) is 7.38. The van der Waals surface area contributed by atoms with Crippen LogP contribution in [0.15, 0.2) is 42.5 Å². The lowest BCUT2D eigenvalue weighted by Gasteiger charge is -2.11. The zero-order chi connectivity index (χ0) is 22.1. The lowest BCUT2D eigenvalue weighted by atomic mass is 10.1. The quantitative estimate of drug-likeness (QED) is 0.333. The van der Waals surface area contributed by atoms with Crippen LogP contribution in [0.5, 0.6) is 0 Å². The molecular formula is C18H12F4N4O3S. The Bertz CT molecular complexity index is 1110. The van der Waals surface area contributed by atoms with Crippen molar-refractivity contribution < 1.29 is 27.3 Å². The van der Waals surface area contributed by atoms with Gasteiger partial charge in [-0.15, -0.1) is 11.3 Å². The number of rotatable bonds is 5. The summed E-state index contributed by atoms with van der Waals surface area (Å²) in [6.07, 6.45) is -4.75. The number of hydrazine groups is 1. The normalized spacial score (nSPS) is 11.2. The van der Waals surface area contributed by atoms with Crippen LogP contribution in [0, 0.1) is 22.9 Å². The van der Waals surface area contributed by atoms with Crippen molar-refractivity contribution in [2.75, 3.05) is 5.43 Å². The van der Waals surface area contributed by atoms with Gasteiger partial charge in [-0.05, 0) is 43.3 Å². The number of hydrogen-bond acceptors (Lipinski definition) is 6. The van der Waals surface area contributed by atoms with Crippen LogP contribution in [0.3, 0.4) is 0 Å². The van der Waals surface area contributed by atoms with Crippen molar-refractivity contribution in [3.63, 3.8) is 0 Å². The molecule has 2 aromatic carbocycles. The third kappa shape index (κ3) is 4.54. The molecule has 0 saturated heterocycles. The molecule has 3 rings (SSSR count). The van der Waals surface area contributed by atoms with Crippen molar-refractivity contribution in [2.45, 2.75) is 13.1 Å².